The maximum Gasteiger partial charge on any atom is 0.336 e. The molecule has 0 unspecified atom stereocenters. The molecule has 0 amide bonds. The van der Waals surface area contributed by atoms with E-state index in [0.717, 1.165) is 46.0 Å². The van der Waals surface area contributed by atoms with Crippen LogP contribution in [-0.2, 0) is 19.4 Å². The van der Waals surface area contributed by atoms with Crippen LogP contribution in [0.3, 0.4) is 0 Å². The smallest absolute Gasteiger partial charge is 0.336 e. The Bertz CT molecular complexity index is 1370. The monoisotopic (exact) mass is 408 g/mol. The highest BCUT2D eigenvalue weighted by atomic mass is 32.1. The number of benzene rings is 1. The Morgan fingerprint density at radius 1 is 1.31 bits per heavy atom. The summed E-state index contributed by atoms with van der Waals surface area (Å²) in [6, 6.07) is 6.78. The molecule has 0 radical (unpaired) electrons. The number of hydrogen-bond donors (Lipinski definition) is 0. The molecule has 3 heterocycles. The molecule has 1 aliphatic rings. The molecule has 5 rings (SSSR count). The third-order valence-electron chi connectivity index (χ3n) is 5.66. The average molecular weight is 408 g/mol. The van der Waals surface area contributed by atoms with E-state index in [9.17, 15) is 9.59 Å². The fourth-order valence-corrected chi connectivity index (χ4v) is 5.47. The first kappa shape index (κ1) is 18.1. The van der Waals surface area contributed by atoms with Gasteiger partial charge >= 0.3 is 5.63 Å². The molecule has 148 valence electrons. The summed E-state index contributed by atoms with van der Waals surface area (Å²) in [5.41, 5.74) is 1.83. The number of methoxy groups -OCH3 is 1. The summed E-state index contributed by atoms with van der Waals surface area (Å²) in [5, 5.41) is 1.52. The van der Waals surface area contributed by atoms with Gasteiger partial charge in [-0.2, -0.15) is 0 Å². The highest BCUT2D eigenvalue weighted by Gasteiger charge is 2.23. The molecule has 4 aromatic rings. The average Bonchev–Trinajstić information content (AvgIpc) is 3.07. The summed E-state index contributed by atoms with van der Waals surface area (Å²) in [7, 11) is 1.56. The molecule has 3 aromatic heterocycles. The molecular weight excluding hydrogens is 388 g/mol. The Morgan fingerprint density at radius 2 is 2.17 bits per heavy atom. The van der Waals surface area contributed by atoms with Crippen LogP contribution in [0.2, 0.25) is 0 Å². The Hall–Kier alpha value is -2.93. The molecule has 29 heavy (non-hydrogen) atoms. The Labute approximate surface area is 170 Å². The summed E-state index contributed by atoms with van der Waals surface area (Å²) in [5.74, 6) is 1.25. The molecular formula is C22H20N2O4S. The molecule has 1 atom stereocenters. The van der Waals surface area contributed by atoms with E-state index in [1.165, 1.54) is 10.9 Å². The Kier molecular flexibility index (Phi) is 4.28. The van der Waals surface area contributed by atoms with Crippen molar-refractivity contribution in [2.24, 2.45) is 5.92 Å². The number of thiophene rings is 1. The van der Waals surface area contributed by atoms with Crippen LogP contribution in [0.5, 0.6) is 5.75 Å². The van der Waals surface area contributed by atoms with E-state index in [0.29, 0.717) is 17.3 Å². The van der Waals surface area contributed by atoms with Crippen LogP contribution < -0.4 is 15.9 Å². The summed E-state index contributed by atoms with van der Waals surface area (Å²) in [6.45, 7) is 2.51. The van der Waals surface area contributed by atoms with Crippen molar-refractivity contribution in [3.05, 3.63) is 67.4 Å². The van der Waals surface area contributed by atoms with Crippen molar-refractivity contribution >= 4 is 32.5 Å². The largest absolute Gasteiger partial charge is 0.497 e. The van der Waals surface area contributed by atoms with Gasteiger partial charge in [-0.1, -0.05) is 6.92 Å². The molecule has 1 aliphatic carbocycles. The lowest BCUT2D eigenvalue weighted by atomic mass is 9.89. The van der Waals surface area contributed by atoms with Gasteiger partial charge in [-0.25, -0.2) is 9.78 Å². The van der Waals surface area contributed by atoms with Crippen LogP contribution in [0.4, 0.5) is 0 Å². The second kappa shape index (κ2) is 6.84. The maximum atomic E-state index is 13.3. The van der Waals surface area contributed by atoms with Crippen LogP contribution in [0.15, 0.2) is 44.6 Å². The number of aryl methyl sites for hydroxylation is 1. The van der Waals surface area contributed by atoms with Crippen LogP contribution in [0.1, 0.15) is 29.3 Å². The number of nitrogens with zero attached hydrogens (tertiary/aromatic N) is 2. The first-order valence-electron chi connectivity index (χ1n) is 9.64. The minimum absolute atomic E-state index is 0.0445. The summed E-state index contributed by atoms with van der Waals surface area (Å²) in [6.07, 6.45) is 4.62. The van der Waals surface area contributed by atoms with E-state index in [-0.39, 0.29) is 12.1 Å². The predicted molar refractivity (Wildman–Crippen MR) is 113 cm³/mol. The van der Waals surface area contributed by atoms with Crippen LogP contribution in [0, 0.1) is 5.92 Å². The summed E-state index contributed by atoms with van der Waals surface area (Å²) in [4.78, 5) is 32.0. The number of ether oxygens (including phenoxy) is 1. The van der Waals surface area contributed by atoms with Crippen molar-refractivity contribution < 1.29 is 9.15 Å². The lowest BCUT2D eigenvalue weighted by Gasteiger charge is -2.17. The van der Waals surface area contributed by atoms with Gasteiger partial charge in [0.1, 0.15) is 16.2 Å². The minimum Gasteiger partial charge on any atom is -0.497 e. The standard InChI is InChI=1S/C22H20N2O4S/c1-12-3-5-16-18(7-12)29-21-20(16)22(26)24(11-23-21)10-13-8-19(25)28-17-9-14(27-2)4-6-15(13)17/h4,6,8-9,11-12H,3,5,7,10H2,1-2H3/t12-/m1/s1. The van der Waals surface area contributed by atoms with Gasteiger partial charge < -0.3 is 9.15 Å². The van der Waals surface area contributed by atoms with Crippen LogP contribution in [0.25, 0.3) is 21.2 Å². The highest BCUT2D eigenvalue weighted by molar-refractivity contribution is 7.18. The van der Waals surface area contributed by atoms with Gasteiger partial charge in [-0.3, -0.25) is 9.36 Å². The summed E-state index contributed by atoms with van der Waals surface area (Å²) >= 11 is 1.64. The number of hydrogen-bond acceptors (Lipinski definition) is 6. The van der Waals surface area contributed by atoms with Gasteiger partial charge in [-0.05, 0) is 48.4 Å². The van der Waals surface area contributed by atoms with Crippen molar-refractivity contribution in [1.82, 2.24) is 9.55 Å². The molecule has 0 saturated heterocycles. The molecule has 6 nitrogen and oxygen atoms in total. The Morgan fingerprint density at radius 3 is 3.00 bits per heavy atom. The van der Waals surface area contributed by atoms with E-state index in [4.69, 9.17) is 9.15 Å². The molecule has 1 aromatic carbocycles. The lowest BCUT2D eigenvalue weighted by Crippen LogP contribution is -2.22. The lowest BCUT2D eigenvalue weighted by molar-refractivity contribution is 0.414. The van der Waals surface area contributed by atoms with Gasteiger partial charge in [0.25, 0.3) is 5.56 Å². The van der Waals surface area contributed by atoms with E-state index in [2.05, 4.69) is 11.9 Å². The maximum absolute atomic E-state index is 13.3. The van der Waals surface area contributed by atoms with Crippen molar-refractivity contribution in [2.75, 3.05) is 7.11 Å². The predicted octanol–water partition coefficient (Wildman–Crippen LogP) is 3.75. The first-order valence-corrected chi connectivity index (χ1v) is 10.5. The zero-order valence-corrected chi connectivity index (χ0v) is 17.0. The van der Waals surface area contributed by atoms with Gasteiger partial charge in [0.05, 0.1) is 25.4 Å². The second-order valence-electron chi connectivity index (χ2n) is 7.66. The molecule has 0 aliphatic heterocycles. The second-order valence-corrected chi connectivity index (χ2v) is 8.75. The normalized spacial score (nSPS) is 16.3. The number of fused-ring (bicyclic) bond motifs is 4. The molecule has 0 N–H and O–H groups in total. The van der Waals surface area contributed by atoms with Gasteiger partial charge in [-0.15, -0.1) is 11.3 Å². The van der Waals surface area contributed by atoms with E-state index < -0.39 is 5.63 Å². The van der Waals surface area contributed by atoms with E-state index >= 15 is 0 Å². The van der Waals surface area contributed by atoms with Crippen LogP contribution in [-0.4, -0.2) is 16.7 Å². The zero-order valence-electron chi connectivity index (χ0n) is 16.2. The highest BCUT2D eigenvalue weighted by Crippen LogP contribution is 2.35. The van der Waals surface area contributed by atoms with Gasteiger partial charge in [0.2, 0.25) is 0 Å². The molecule has 0 spiro atoms. The fraction of sp³-hybridized carbons (Fsp3) is 0.318. The van der Waals surface area contributed by atoms with Crippen molar-refractivity contribution in [2.45, 2.75) is 32.7 Å². The van der Waals surface area contributed by atoms with Gasteiger partial charge in [0.15, 0.2) is 0 Å². The third-order valence-corrected chi connectivity index (χ3v) is 6.82. The van der Waals surface area contributed by atoms with Crippen molar-refractivity contribution in [3.8, 4) is 5.75 Å². The van der Waals surface area contributed by atoms with Crippen molar-refractivity contribution in [1.29, 1.82) is 0 Å². The molecule has 0 fully saturated rings. The fourth-order valence-electron chi connectivity index (χ4n) is 4.13. The first-order chi connectivity index (χ1) is 14.0. The topological polar surface area (TPSA) is 74.3 Å². The van der Waals surface area contributed by atoms with Crippen LogP contribution >= 0.6 is 11.3 Å². The SMILES string of the molecule is COc1ccc2c(Cn3cnc4sc5c(c4c3=O)CC[C@@H](C)C5)cc(=O)oc2c1. The summed E-state index contributed by atoms with van der Waals surface area (Å²) < 4.78 is 12.1. The van der Waals surface area contributed by atoms with E-state index in [1.54, 1.807) is 35.4 Å². The number of rotatable bonds is 3. The number of aromatic nitrogens is 2. The molecule has 0 saturated carbocycles. The molecule has 7 heteroatoms. The molecule has 0 bridgehead atoms. The van der Waals surface area contributed by atoms with Crippen molar-refractivity contribution in [3.63, 3.8) is 0 Å². The van der Waals surface area contributed by atoms with E-state index in [1.807, 2.05) is 12.1 Å². The quantitative estimate of drug-likeness (QED) is 0.483. The van der Waals surface area contributed by atoms with Gasteiger partial charge in [0, 0.05) is 22.4 Å². The zero-order chi connectivity index (χ0) is 20.1. The Balaban J connectivity index is 1.63. The minimum atomic E-state index is -0.454. The third kappa shape index (κ3) is 3.06.